The van der Waals surface area contributed by atoms with Crippen molar-refractivity contribution in [1.29, 1.82) is 0 Å². The second kappa shape index (κ2) is 4.20. The molecule has 88 valence electrons. The molecule has 0 radical (unpaired) electrons. The predicted octanol–water partition coefficient (Wildman–Crippen LogP) is 1.76. The molecular formula is C12H19N3O. The molecule has 1 aliphatic carbocycles. The van der Waals surface area contributed by atoms with Gasteiger partial charge in [-0.1, -0.05) is 6.92 Å². The number of ether oxygens (including phenoxy) is 1. The maximum absolute atomic E-state index is 5.92. The number of rotatable bonds is 4. The number of anilines is 2. The fourth-order valence-electron chi connectivity index (χ4n) is 1.95. The first-order chi connectivity index (χ1) is 7.61. The van der Waals surface area contributed by atoms with Gasteiger partial charge in [-0.25, -0.2) is 0 Å². The number of methoxy groups -OCH3 is 1. The van der Waals surface area contributed by atoms with Gasteiger partial charge in [-0.05, 0) is 24.3 Å². The van der Waals surface area contributed by atoms with Crippen molar-refractivity contribution in [3.63, 3.8) is 0 Å². The first kappa shape index (κ1) is 11.0. The number of hydrogen-bond acceptors (Lipinski definition) is 4. The van der Waals surface area contributed by atoms with E-state index in [1.807, 2.05) is 13.1 Å². The molecule has 1 saturated carbocycles. The Hall–Kier alpha value is -1.45. The highest BCUT2D eigenvalue weighted by atomic mass is 16.5. The van der Waals surface area contributed by atoms with Crippen LogP contribution in [0.25, 0.3) is 0 Å². The topological polar surface area (TPSA) is 51.4 Å². The standard InChI is InChI=1S/C12H19N3O/c1-8-6-9(8)7-15(2)12-10(13)4-5-11(14-12)16-3/h4-5,8-9H,6-7,13H2,1-3H3. The summed E-state index contributed by atoms with van der Waals surface area (Å²) >= 11 is 0. The minimum absolute atomic E-state index is 0.611. The van der Waals surface area contributed by atoms with Gasteiger partial charge in [0.1, 0.15) is 0 Å². The largest absolute Gasteiger partial charge is 0.481 e. The summed E-state index contributed by atoms with van der Waals surface area (Å²) in [6, 6.07) is 3.63. The minimum Gasteiger partial charge on any atom is -0.481 e. The van der Waals surface area contributed by atoms with Gasteiger partial charge in [0.2, 0.25) is 5.88 Å². The van der Waals surface area contributed by atoms with Crippen LogP contribution in [0.4, 0.5) is 11.5 Å². The Morgan fingerprint density at radius 3 is 2.81 bits per heavy atom. The predicted molar refractivity (Wildman–Crippen MR) is 65.7 cm³/mol. The van der Waals surface area contributed by atoms with Gasteiger partial charge in [-0.2, -0.15) is 4.98 Å². The van der Waals surface area contributed by atoms with Crippen molar-refractivity contribution in [3.8, 4) is 5.88 Å². The number of aromatic nitrogens is 1. The molecule has 0 aromatic carbocycles. The molecule has 4 heteroatoms. The average Bonchev–Trinajstić information content (AvgIpc) is 2.94. The number of nitrogen functional groups attached to an aromatic ring is 1. The summed E-state index contributed by atoms with van der Waals surface area (Å²) < 4.78 is 5.11. The van der Waals surface area contributed by atoms with Crippen LogP contribution < -0.4 is 15.4 Å². The van der Waals surface area contributed by atoms with E-state index in [1.165, 1.54) is 6.42 Å². The Kier molecular flexibility index (Phi) is 2.90. The summed E-state index contributed by atoms with van der Waals surface area (Å²) in [6.45, 7) is 3.30. The molecule has 0 spiro atoms. The molecule has 0 saturated heterocycles. The molecule has 1 aromatic rings. The zero-order valence-electron chi connectivity index (χ0n) is 10.1. The summed E-state index contributed by atoms with van der Waals surface area (Å²) in [6.07, 6.45) is 1.31. The van der Waals surface area contributed by atoms with Gasteiger partial charge in [0.15, 0.2) is 5.82 Å². The number of nitrogens with two attached hydrogens (primary N) is 1. The van der Waals surface area contributed by atoms with E-state index in [0.717, 1.165) is 24.2 Å². The lowest BCUT2D eigenvalue weighted by atomic mass is 10.3. The lowest BCUT2D eigenvalue weighted by Crippen LogP contribution is -2.22. The van der Waals surface area contributed by atoms with E-state index in [9.17, 15) is 0 Å². The highest BCUT2D eigenvalue weighted by molar-refractivity contribution is 5.63. The van der Waals surface area contributed by atoms with Crippen molar-refractivity contribution in [2.45, 2.75) is 13.3 Å². The van der Waals surface area contributed by atoms with E-state index in [2.05, 4.69) is 16.8 Å². The molecule has 0 bridgehead atoms. The van der Waals surface area contributed by atoms with Gasteiger partial charge in [0.25, 0.3) is 0 Å². The Labute approximate surface area is 96.4 Å². The Morgan fingerprint density at radius 2 is 2.25 bits per heavy atom. The third-order valence-electron chi connectivity index (χ3n) is 3.23. The van der Waals surface area contributed by atoms with Gasteiger partial charge < -0.3 is 15.4 Å². The molecule has 1 aromatic heterocycles. The molecule has 4 nitrogen and oxygen atoms in total. The maximum Gasteiger partial charge on any atom is 0.215 e. The van der Waals surface area contributed by atoms with E-state index >= 15 is 0 Å². The van der Waals surface area contributed by atoms with Crippen LogP contribution in [0.15, 0.2) is 12.1 Å². The van der Waals surface area contributed by atoms with Crippen LogP contribution in [0, 0.1) is 11.8 Å². The molecule has 2 atom stereocenters. The zero-order chi connectivity index (χ0) is 11.7. The van der Waals surface area contributed by atoms with Crippen molar-refractivity contribution in [2.75, 3.05) is 31.3 Å². The number of nitrogens with zero attached hydrogens (tertiary/aromatic N) is 2. The van der Waals surface area contributed by atoms with Gasteiger partial charge in [0.05, 0.1) is 12.8 Å². The SMILES string of the molecule is COc1ccc(N)c(N(C)CC2CC2C)n1. The third kappa shape index (κ3) is 2.21. The van der Waals surface area contributed by atoms with Gasteiger partial charge in [-0.3, -0.25) is 0 Å². The van der Waals surface area contributed by atoms with Crippen LogP contribution in [0.5, 0.6) is 5.88 Å². The minimum atomic E-state index is 0.611. The second-order valence-corrected chi connectivity index (χ2v) is 4.62. The first-order valence-electron chi connectivity index (χ1n) is 5.63. The van der Waals surface area contributed by atoms with Crippen molar-refractivity contribution < 1.29 is 4.74 Å². The summed E-state index contributed by atoms with van der Waals surface area (Å²) in [4.78, 5) is 6.49. The molecule has 0 amide bonds. The lowest BCUT2D eigenvalue weighted by Gasteiger charge is -2.20. The summed E-state index contributed by atoms with van der Waals surface area (Å²) in [7, 11) is 3.65. The summed E-state index contributed by atoms with van der Waals surface area (Å²) in [5.74, 6) is 3.06. The molecular weight excluding hydrogens is 202 g/mol. The Morgan fingerprint density at radius 1 is 1.56 bits per heavy atom. The van der Waals surface area contributed by atoms with E-state index in [1.54, 1.807) is 13.2 Å². The van der Waals surface area contributed by atoms with Crippen molar-refractivity contribution in [2.24, 2.45) is 11.8 Å². The fraction of sp³-hybridized carbons (Fsp3) is 0.583. The molecule has 2 rings (SSSR count). The summed E-state index contributed by atoms with van der Waals surface area (Å²) in [5, 5.41) is 0. The Balaban J connectivity index is 2.11. The van der Waals surface area contributed by atoms with Crippen LogP contribution in [0.3, 0.4) is 0 Å². The smallest absolute Gasteiger partial charge is 0.215 e. The highest BCUT2D eigenvalue weighted by Crippen LogP contribution is 2.39. The molecule has 1 fully saturated rings. The van der Waals surface area contributed by atoms with Gasteiger partial charge in [0, 0.05) is 19.7 Å². The maximum atomic E-state index is 5.92. The molecule has 16 heavy (non-hydrogen) atoms. The molecule has 2 N–H and O–H groups in total. The van der Waals surface area contributed by atoms with E-state index < -0.39 is 0 Å². The van der Waals surface area contributed by atoms with Crippen LogP contribution in [0.2, 0.25) is 0 Å². The molecule has 0 aliphatic heterocycles. The Bertz CT molecular complexity index is 381. The van der Waals surface area contributed by atoms with Crippen molar-refractivity contribution in [1.82, 2.24) is 4.98 Å². The number of pyridine rings is 1. The molecule has 2 unspecified atom stereocenters. The quantitative estimate of drug-likeness (QED) is 0.841. The summed E-state index contributed by atoms with van der Waals surface area (Å²) in [5.41, 5.74) is 6.62. The van der Waals surface area contributed by atoms with E-state index in [4.69, 9.17) is 10.5 Å². The van der Waals surface area contributed by atoms with Crippen LogP contribution in [0.1, 0.15) is 13.3 Å². The third-order valence-corrected chi connectivity index (χ3v) is 3.23. The monoisotopic (exact) mass is 221 g/mol. The lowest BCUT2D eigenvalue weighted by molar-refractivity contribution is 0.398. The van der Waals surface area contributed by atoms with Gasteiger partial charge in [-0.15, -0.1) is 0 Å². The average molecular weight is 221 g/mol. The number of hydrogen-bond donors (Lipinski definition) is 1. The normalized spacial score (nSPS) is 22.9. The molecule has 1 heterocycles. The van der Waals surface area contributed by atoms with E-state index in [0.29, 0.717) is 11.6 Å². The van der Waals surface area contributed by atoms with Crippen LogP contribution >= 0.6 is 0 Å². The van der Waals surface area contributed by atoms with Crippen LogP contribution in [-0.4, -0.2) is 25.7 Å². The van der Waals surface area contributed by atoms with E-state index in [-0.39, 0.29) is 0 Å². The van der Waals surface area contributed by atoms with Gasteiger partial charge >= 0.3 is 0 Å². The molecule has 1 aliphatic rings. The van der Waals surface area contributed by atoms with Crippen molar-refractivity contribution in [3.05, 3.63) is 12.1 Å². The van der Waals surface area contributed by atoms with Crippen molar-refractivity contribution >= 4 is 11.5 Å². The highest BCUT2D eigenvalue weighted by Gasteiger charge is 2.33. The fourth-order valence-corrected chi connectivity index (χ4v) is 1.95. The van der Waals surface area contributed by atoms with Crippen LogP contribution in [-0.2, 0) is 0 Å². The first-order valence-corrected chi connectivity index (χ1v) is 5.63. The second-order valence-electron chi connectivity index (χ2n) is 4.62. The zero-order valence-corrected chi connectivity index (χ0v) is 10.1.